The standard InChI is InChI=1S/C23H29FN4O3/c24-19-8-6-18(7-9-19)12-26-11-10-23(15-26)16-27-20(14-31-23)25-28(22(30)21(27)29)13-17-4-2-1-3-5-17/h6-9,17H,1-5,10-16H2/t23-/m0/s1. The van der Waals surface area contributed by atoms with E-state index in [1.807, 2.05) is 0 Å². The number of hydrogen-bond donors (Lipinski definition) is 0. The molecular formula is C23H29FN4O3. The van der Waals surface area contributed by atoms with Crippen LogP contribution in [0, 0.1) is 11.7 Å². The molecule has 0 amide bonds. The third kappa shape index (κ3) is 4.23. The summed E-state index contributed by atoms with van der Waals surface area (Å²) in [6.45, 7) is 3.32. The second-order valence-electron chi connectivity index (χ2n) is 9.36. The molecule has 0 bridgehead atoms. The van der Waals surface area contributed by atoms with Gasteiger partial charge in [0, 0.05) is 26.2 Å². The number of likely N-dealkylation sites (tertiary alicyclic amines) is 1. The van der Waals surface area contributed by atoms with Gasteiger partial charge in [-0.15, -0.1) is 0 Å². The summed E-state index contributed by atoms with van der Waals surface area (Å²) in [5.41, 5.74) is -0.451. The molecular weight excluding hydrogens is 399 g/mol. The van der Waals surface area contributed by atoms with E-state index in [2.05, 4.69) is 10.00 Å². The average Bonchev–Trinajstić information content (AvgIpc) is 3.17. The highest BCUT2D eigenvalue weighted by Crippen LogP contribution is 2.32. The van der Waals surface area contributed by atoms with Crippen molar-refractivity contribution < 1.29 is 9.13 Å². The quantitative estimate of drug-likeness (QED) is 0.699. The van der Waals surface area contributed by atoms with Crippen LogP contribution in [0.2, 0.25) is 0 Å². The Morgan fingerprint density at radius 1 is 1.06 bits per heavy atom. The van der Waals surface area contributed by atoms with Gasteiger partial charge in [-0.3, -0.25) is 19.1 Å². The molecule has 1 aromatic carbocycles. The molecule has 31 heavy (non-hydrogen) atoms. The van der Waals surface area contributed by atoms with Gasteiger partial charge in [0.1, 0.15) is 18.0 Å². The van der Waals surface area contributed by atoms with Crippen molar-refractivity contribution in [1.29, 1.82) is 0 Å². The number of benzene rings is 1. The summed E-state index contributed by atoms with van der Waals surface area (Å²) >= 11 is 0. The van der Waals surface area contributed by atoms with Crippen LogP contribution in [0.25, 0.3) is 0 Å². The highest BCUT2D eigenvalue weighted by Gasteiger charge is 2.43. The van der Waals surface area contributed by atoms with Gasteiger partial charge < -0.3 is 4.74 Å². The molecule has 1 atom stereocenters. The maximum Gasteiger partial charge on any atom is 0.332 e. The predicted molar refractivity (Wildman–Crippen MR) is 113 cm³/mol. The minimum atomic E-state index is -0.521. The second-order valence-corrected chi connectivity index (χ2v) is 9.36. The van der Waals surface area contributed by atoms with Gasteiger partial charge in [-0.05, 0) is 42.9 Å². The van der Waals surface area contributed by atoms with Gasteiger partial charge in [0.15, 0.2) is 5.82 Å². The summed E-state index contributed by atoms with van der Waals surface area (Å²) in [5, 5.41) is 4.51. The molecule has 0 unspecified atom stereocenters. The maximum atomic E-state index is 13.2. The van der Waals surface area contributed by atoms with Crippen molar-refractivity contribution in [2.45, 2.75) is 70.4 Å². The molecule has 8 heteroatoms. The molecule has 2 aromatic rings. The summed E-state index contributed by atoms with van der Waals surface area (Å²) in [6, 6.07) is 6.53. The Labute approximate surface area is 180 Å². The SMILES string of the molecule is O=c1c(=O)n2c(nn1CC1CCCCC1)CO[C@]1(CCN(Cc3ccc(F)cc3)C1)C2. The van der Waals surface area contributed by atoms with E-state index in [1.54, 1.807) is 12.1 Å². The number of halogens is 1. The summed E-state index contributed by atoms with van der Waals surface area (Å²) in [5.74, 6) is 0.727. The molecule has 5 rings (SSSR count). The Hall–Kier alpha value is -2.32. The first kappa shape index (κ1) is 20.6. The summed E-state index contributed by atoms with van der Waals surface area (Å²) in [6.07, 6.45) is 6.59. The van der Waals surface area contributed by atoms with Crippen LogP contribution < -0.4 is 11.1 Å². The first-order valence-corrected chi connectivity index (χ1v) is 11.3. The van der Waals surface area contributed by atoms with Crippen LogP contribution in [-0.4, -0.2) is 37.9 Å². The fourth-order valence-corrected chi connectivity index (χ4v) is 5.30. The number of fused-ring (bicyclic) bond motifs is 1. The van der Waals surface area contributed by atoms with Crippen molar-refractivity contribution in [2.75, 3.05) is 13.1 Å². The van der Waals surface area contributed by atoms with Crippen molar-refractivity contribution in [2.24, 2.45) is 5.92 Å². The predicted octanol–water partition coefficient (Wildman–Crippen LogP) is 2.30. The molecule has 1 saturated heterocycles. The number of rotatable bonds is 4. The van der Waals surface area contributed by atoms with Crippen molar-refractivity contribution in [1.82, 2.24) is 19.2 Å². The minimum Gasteiger partial charge on any atom is -0.364 e. The molecule has 0 N–H and O–H groups in total. The lowest BCUT2D eigenvalue weighted by Gasteiger charge is -2.35. The van der Waals surface area contributed by atoms with E-state index < -0.39 is 16.7 Å². The van der Waals surface area contributed by atoms with E-state index >= 15 is 0 Å². The van der Waals surface area contributed by atoms with Crippen LogP contribution in [0.15, 0.2) is 33.9 Å². The molecule has 2 aliphatic heterocycles. The van der Waals surface area contributed by atoms with Crippen LogP contribution in [0.3, 0.4) is 0 Å². The fraction of sp³-hybridized carbons (Fsp3) is 0.609. The smallest absolute Gasteiger partial charge is 0.332 e. The van der Waals surface area contributed by atoms with Gasteiger partial charge in [-0.2, -0.15) is 5.10 Å². The van der Waals surface area contributed by atoms with Crippen LogP contribution >= 0.6 is 0 Å². The number of nitrogens with zero attached hydrogens (tertiary/aromatic N) is 4. The van der Waals surface area contributed by atoms with Crippen molar-refractivity contribution in [3.8, 4) is 0 Å². The molecule has 1 spiro atoms. The lowest BCUT2D eigenvalue weighted by molar-refractivity contribution is -0.0860. The van der Waals surface area contributed by atoms with Gasteiger partial charge in [-0.25, -0.2) is 9.07 Å². The van der Waals surface area contributed by atoms with Gasteiger partial charge in [0.05, 0.1) is 6.54 Å². The molecule has 3 heterocycles. The Balaban J connectivity index is 1.31. The van der Waals surface area contributed by atoms with Gasteiger partial charge in [0.2, 0.25) is 0 Å². The zero-order valence-corrected chi connectivity index (χ0v) is 17.8. The summed E-state index contributed by atoms with van der Waals surface area (Å²) in [4.78, 5) is 27.9. The zero-order chi connectivity index (χ0) is 21.4. The highest BCUT2D eigenvalue weighted by atomic mass is 19.1. The number of ether oxygens (including phenoxy) is 1. The Morgan fingerprint density at radius 3 is 2.61 bits per heavy atom. The highest BCUT2D eigenvalue weighted by molar-refractivity contribution is 5.16. The van der Waals surface area contributed by atoms with Crippen LogP contribution in [0.4, 0.5) is 4.39 Å². The van der Waals surface area contributed by atoms with Crippen molar-refractivity contribution in [3.05, 3.63) is 62.2 Å². The first-order chi connectivity index (χ1) is 15.0. The van der Waals surface area contributed by atoms with E-state index in [4.69, 9.17) is 4.74 Å². The molecule has 166 valence electrons. The molecule has 1 aromatic heterocycles. The van der Waals surface area contributed by atoms with E-state index in [-0.39, 0.29) is 12.4 Å². The lowest BCUT2D eigenvalue weighted by Crippen LogP contribution is -2.53. The molecule has 7 nitrogen and oxygen atoms in total. The minimum absolute atomic E-state index is 0.241. The molecule has 3 aliphatic rings. The largest absolute Gasteiger partial charge is 0.364 e. The molecule has 1 aliphatic carbocycles. The van der Waals surface area contributed by atoms with Crippen LogP contribution in [0.5, 0.6) is 0 Å². The van der Waals surface area contributed by atoms with Crippen LogP contribution in [-0.2, 0) is 31.0 Å². The third-order valence-electron chi connectivity index (χ3n) is 7.03. The van der Waals surface area contributed by atoms with Crippen molar-refractivity contribution >= 4 is 0 Å². The zero-order valence-electron chi connectivity index (χ0n) is 17.8. The van der Waals surface area contributed by atoms with E-state index in [9.17, 15) is 14.0 Å². The topological polar surface area (TPSA) is 69.4 Å². The monoisotopic (exact) mass is 428 g/mol. The van der Waals surface area contributed by atoms with Crippen LogP contribution in [0.1, 0.15) is 49.9 Å². The lowest BCUT2D eigenvalue weighted by atomic mass is 9.89. The summed E-state index contributed by atoms with van der Waals surface area (Å²) < 4.78 is 22.3. The Morgan fingerprint density at radius 2 is 1.84 bits per heavy atom. The van der Waals surface area contributed by atoms with Gasteiger partial charge in [0.25, 0.3) is 0 Å². The first-order valence-electron chi connectivity index (χ1n) is 11.3. The Kier molecular flexibility index (Phi) is 5.52. The number of aromatic nitrogens is 3. The van der Waals surface area contributed by atoms with Crippen molar-refractivity contribution in [3.63, 3.8) is 0 Å². The maximum absolute atomic E-state index is 13.2. The third-order valence-corrected chi connectivity index (χ3v) is 7.03. The Bertz CT molecular complexity index is 1060. The average molecular weight is 429 g/mol. The van der Waals surface area contributed by atoms with E-state index in [1.165, 1.54) is 40.6 Å². The fourth-order valence-electron chi connectivity index (χ4n) is 5.30. The molecule has 2 fully saturated rings. The molecule has 0 radical (unpaired) electrons. The second kappa shape index (κ2) is 8.31. The van der Waals surface area contributed by atoms with E-state index in [0.29, 0.717) is 37.9 Å². The summed E-state index contributed by atoms with van der Waals surface area (Å²) in [7, 11) is 0. The van der Waals surface area contributed by atoms with Gasteiger partial charge >= 0.3 is 11.1 Å². The number of hydrogen-bond acceptors (Lipinski definition) is 5. The van der Waals surface area contributed by atoms with E-state index in [0.717, 1.165) is 31.4 Å². The normalized spacial score (nSPS) is 24.5. The molecule has 1 saturated carbocycles. The van der Waals surface area contributed by atoms with Gasteiger partial charge in [-0.1, -0.05) is 31.4 Å².